The van der Waals surface area contributed by atoms with E-state index in [4.69, 9.17) is 25.7 Å². The van der Waals surface area contributed by atoms with Crippen LogP contribution in [0.4, 0.5) is 0 Å². The van der Waals surface area contributed by atoms with Gasteiger partial charge in [0.25, 0.3) is 0 Å². The third kappa shape index (κ3) is 3.01. The molecule has 1 spiro atoms. The van der Waals surface area contributed by atoms with Crippen LogP contribution >= 0.6 is 0 Å². The lowest BCUT2D eigenvalue weighted by atomic mass is 9.56. The Morgan fingerprint density at radius 1 is 1.12 bits per heavy atom. The molecule has 1 aliphatic heterocycles. The van der Waals surface area contributed by atoms with Crippen LogP contribution in [0, 0.1) is 29.6 Å². The number of hydrogen-bond acceptors (Lipinski definition) is 9. The fourth-order valence-corrected chi connectivity index (χ4v) is 9.02. The number of nitrogens with two attached hydrogens (primary N) is 2. The molecule has 9 atom stereocenters. The predicted octanol–water partition coefficient (Wildman–Crippen LogP) is 2.45. The van der Waals surface area contributed by atoms with Crippen molar-refractivity contribution in [3.05, 3.63) is 52.6 Å². The highest BCUT2D eigenvalue weighted by Gasteiger charge is 2.85. The molecule has 1 aromatic rings. The summed E-state index contributed by atoms with van der Waals surface area (Å²) in [7, 11) is 0. The van der Waals surface area contributed by atoms with Gasteiger partial charge < -0.3 is 41.0 Å². The molecule has 9 nitrogen and oxygen atoms in total. The monoisotopic (exact) mass is 554 g/mol. The molecule has 6 rings (SSSR count). The largest absolute Gasteiger partial charge is 0.507 e. The zero-order chi connectivity index (χ0) is 29.4. The average Bonchev–Trinajstić information content (AvgIpc) is 3.22. The van der Waals surface area contributed by atoms with E-state index in [0.29, 0.717) is 23.1 Å². The number of esters is 1. The van der Waals surface area contributed by atoms with Crippen LogP contribution in [0.5, 0.6) is 5.75 Å². The molecule has 9 heteroatoms. The smallest absolute Gasteiger partial charge is 0.342 e. The molecular weight excluding hydrogens is 512 g/mol. The molecule has 0 aromatic heterocycles. The minimum atomic E-state index is -1.96. The third-order valence-corrected chi connectivity index (χ3v) is 11.2. The maximum atomic E-state index is 13.6. The number of rotatable bonds is 2. The Morgan fingerprint density at radius 2 is 1.80 bits per heavy atom. The van der Waals surface area contributed by atoms with Gasteiger partial charge in [0, 0.05) is 5.54 Å². The number of hydrogen-bond donors (Lipinski definition) is 5. The van der Waals surface area contributed by atoms with E-state index in [2.05, 4.69) is 13.8 Å². The molecule has 9 unspecified atom stereocenters. The Balaban J connectivity index is 1.57. The van der Waals surface area contributed by atoms with E-state index in [1.165, 1.54) is 6.07 Å². The lowest BCUT2D eigenvalue weighted by Gasteiger charge is -2.56. The van der Waals surface area contributed by atoms with Crippen molar-refractivity contribution in [2.45, 2.75) is 95.7 Å². The molecule has 7 N–H and O–H groups in total. The molecule has 40 heavy (non-hydrogen) atoms. The molecule has 1 aromatic carbocycles. The molecule has 0 amide bonds. The van der Waals surface area contributed by atoms with Crippen LogP contribution in [0.15, 0.2) is 41.5 Å². The van der Waals surface area contributed by atoms with E-state index in [1.54, 1.807) is 45.9 Å². The van der Waals surface area contributed by atoms with E-state index < -0.39 is 52.2 Å². The molecule has 4 aliphatic carbocycles. The van der Waals surface area contributed by atoms with E-state index in [0.717, 1.165) is 0 Å². The summed E-state index contributed by atoms with van der Waals surface area (Å²) in [5.41, 5.74) is 9.98. The van der Waals surface area contributed by atoms with Gasteiger partial charge >= 0.3 is 5.97 Å². The van der Waals surface area contributed by atoms with E-state index in [-0.39, 0.29) is 35.2 Å². The van der Waals surface area contributed by atoms with Crippen molar-refractivity contribution in [3.8, 4) is 5.75 Å². The predicted molar refractivity (Wildman–Crippen MR) is 147 cm³/mol. The second kappa shape index (κ2) is 7.96. The first kappa shape index (κ1) is 27.9. The summed E-state index contributed by atoms with van der Waals surface area (Å²) in [5.74, 6) is -2.42. The number of benzene rings is 1. The van der Waals surface area contributed by atoms with Crippen molar-refractivity contribution in [2.24, 2.45) is 34.1 Å². The van der Waals surface area contributed by atoms with Gasteiger partial charge in [0.1, 0.15) is 23.0 Å². The van der Waals surface area contributed by atoms with Crippen molar-refractivity contribution in [2.75, 3.05) is 6.61 Å². The second-order valence-electron chi connectivity index (χ2n) is 13.9. The van der Waals surface area contributed by atoms with Crippen LogP contribution in [0.25, 0.3) is 0 Å². The molecule has 5 aliphatic rings. The van der Waals surface area contributed by atoms with Crippen LogP contribution < -0.4 is 11.5 Å². The summed E-state index contributed by atoms with van der Waals surface area (Å²) < 4.78 is 18.6. The molecule has 1 heterocycles. The van der Waals surface area contributed by atoms with E-state index in [1.807, 2.05) is 13.0 Å². The zero-order valence-corrected chi connectivity index (χ0v) is 24.3. The maximum Gasteiger partial charge on any atom is 0.342 e. The summed E-state index contributed by atoms with van der Waals surface area (Å²) in [6.07, 6.45) is 0.621. The highest BCUT2D eigenvalue weighted by atomic mass is 16.7. The van der Waals surface area contributed by atoms with Crippen molar-refractivity contribution >= 4 is 5.97 Å². The molecule has 2 bridgehead atoms. The number of aryl methyl sites for hydroxylation is 1. The number of carbonyl (C=O) groups excluding carboxylic acids is 1. The number of carbonyl (C=O) groups is 1. The Labute approximate surface area is 235 Å². The zero-order valence-electron chi connectivity index (χ0n) is 24.3. The molecule has 2 saturated carbocycles. The third-order valence-electron chi connectivity index (χ3n) is 11.2. The van der Waals surface area contributed by atoms with Crippen LogP contribution in [0.2, 0.25) is 0 Å². The Bertz CT molecular complexity index is 1350. The fourth-order valence-electron chi connectivity index (χ4n) is 9.02. The number of aliphatic hydroxyl groups excluding tert-OH is 1. The van der Waals surface area contributed by atoms with Gasteiger partial charge in [0.05, 0.1) is 23.7 Å². The minimum Gasteiger partial charge on any atom is -0.507 e. The second-order valence-corrected chi connectivity index (χ2v) is 13.9. The Morgan fingerprint density at radius 3 is 2.45 bits per heavy atom. The average molecular weight is 555 g/mol. The summed E-state index contributed by atoms with van der Waals surface area (Å²) in [4.78, 5) is 13.6. The highest BCUT2D eigenvalue weighted by molar-refractivity contribution is 5.94. The molecule has 3 fully saturated rings. The lowest BCUT2D eigenvalue weighted by Crippen LogP contribution is -2.74. The van der Waals surface area contributed by atoms with Crippen LogP contribution in [-0.4, -0.2) is 68.7 Å². The quantitative estimate of drug-likeness (QED) is 0.274. The first-order chi connectivity index (χ1) is 18.4. The number of fused-ring (bicyclic) bond motifs is 5. The van der Waals surface area contributed by atoms with Crippen molar-refractivity contribution in [1.29, 1.82) is 0 Å². The van der Waals surface area contributed by atoms with E-state index >= 15 is 0 Å². The van der Waals surface area contributed by atoms with Gasteiger partial charge in [-0.25, -0.2) is 4.79 Å². The van der Waals surface area contributed by atoms with Crippen molar-refractivity contribution < 1.29 is 34.3 Å². The Kier molecular flexibility index (Phi) is 5.55. The minimum absolute atomic E-state index is 0.0176. The van der Waals surface area contributed by atoms with Gasteiger partial charge in [-0.15, -0.1) is 0 Å². The van der Waals surface area contributed by atoms with Crippen LogP contribution in [0.3, 0.4) is 0 Å². The number of phenolic OH excluding ortho intramolecular Hbond substituents is 1. The summed E-state index contributed by atoms with van der Waals surface area (Å²) in [6.45, 7) is 13.2. The van der Waals surface area contributed by atoms with E-state index in [9.17, 15) is 20.1 Å². The number of phenols is 1. The standard InChI is InChI=1S/C31H42N2O7/c1-15-9-8-10-19(34)21(15)24(35)39-22-16(2)12-28-17(3)11-20-26(4,5)31(20,33)29(32,25(28)36)13-18-14-38-27(6,7)40-23(18)30(22,28)37/h8-10,12-13,17,20,22-23,25,34,36-37H,11,14,32-33H2,1-7H3. The normalized spacial score (nSPS) is 46.0. The Hall–Kier alpha value is -2.27. The van der Waals surface area contributed by atoms with Crippen molar-refractivity contribution in [3.63, 3.8) is 0 Å². The van der Waals surface area contributed by atoms with Gasteiger partial charge in [-0.05, 0) is 74.1 Å². The van der Waals surface area contributed by atoms with Crippen molar-refractivity contribution in [1.82, 2.24) is 0 Å². The molecule has 218 valence electrons. The van der Waals surface area contributed by atoms with Gasteiger partial charge in [-0.3, -0.25) is 0 Å². The van der Waals surface area contributed by atoms with Crippen LogP contribution in [-0.2, 0) is 14.2 Å². The topological polar surface area (TPSA) is 157 Å². The summed E-state index contributed by atoms with van der Waals surface area (Å²) in [6, 6.07) is 4.77. The maximum absolute atomic E-state index is 13.6. The fraction of sp³-hybridized carbons (Fsp3) is 0.645. The summed E-state index contributed by atoms with van der Waals surface area (Å²) in [5, 5.41) is 36.2. The van der Waals surface area contributed by atoms with Gasteiger partial charge in [0.2, 0.25) is 0 Å². The van der Waals surface area contributed by atoms with Crippen LogP contribution in [0.1, 0.15) is 63.9 Å². The first-order valence-electron chi connectivity index (χ1n) is 14.1. The van der Waals surface area contributed by atoms with Gasteiger partial charge in [-0.2, -0.15) is 0 Å². The molecule has 0 radical (unpaired) electrons. The molecular formula is C31H42N2O7. The lowest BCUT2D eigenvalue weighted by molar-refractivity contribution is -0.312. The van der Waals surface area contributed by atoms with Gasteiger partial charge in [-0.1, -0.05) is 45.1 Å². The summed E-state index contributed by atoms with van der Waals surface area (Å²) >= 11 is 0. The SMILES string of the molecule is CC1=CC23C(C)CC4C(C)(C)C4(N)C(N)(C=C4COC(C)(C)OC4C2(O)C1OC(=O)c1c(C)cccc1O)C3O. The van der Waals surface area contributed by atoms with Gasteiger partial charge in [0.15, 0.2) is 11.9 Å². The highest BCUT2D eigenvalue weighted by Crippen LogP contribution is 2.74. The number of aromatic hydroxyl groups is 1. The molecule has 1 saturated heterocycles. The first-order valence-corrected chi connectivity index (χ1v) is 14.1. The number of ether oxygens (including phenoxy) is 3. The number of aliphatic hydroxyl groups is 2.